The largest absolute Gasteiger partial charge is 0.465 e. The number of benzene rings is 2. The van der Waals surface area contributed by atoms with Crippen molar-refractivity contribution in [3.63, 3.8) is 0 Å². The monoisotopic (exact) mass is 327 g/mol. The summed E-state index contributed by atoms with van der Waals surface area (Å²) in [5.41, 5.74) is 0.227. The second-order valence-corrected chi connectivity index (χ2v) is 6.35. The maximum atomic E-state index is 12.0. The second-order valence-electron chi connectivity index (χ2n) is 6.35. The molecule has 0 aromatic heterocycles. The standard InChI is InChI=1S/C19H21NO4/c1-19(2,3)24-18(22)20-16(17(21)23-4)12-14-10-7-9-13-8-5-6-11-15(13)14/h5-11H,12H2,1-4H3. The van der Waals surface area contributed by atoms with Crippen molar-refractivity contribution in [2.75, 3.05) is 7.11 Å². The van der Waals surface area contributed by atoms with E-state index < -0.39 is 17.7 Å². The Balaban J connectivity index is 2.35. The van der Waals surface area contributed by atoms with Crippen molar-refractivity contribution in [1.29, 1.82) is 0 Å². The number of amides is 1. The van der Waals surface area contributed by atoms with E-state index in [0.717, 1.165) is 16.3 Å². The number of carbonyl (C=O) groups is 2. The summed E-state index contributed by atoms with van der Waals surface area (Å²) in [6.45, 7) is 5.22. The molecule has 1 amide bonds. The van der Waals surface area contributed by atoms with E-state index in [2.05, 4.69) is 4.99 Å². The molecule has 0 saturated heterocycles. The van der Waals surface area contributed by atoms with Crippen LogP contribution < -0.4 is 0 Å². The van der Waals surface area contributed by atoms with Gasteiger partial charge in [-0.1, -0.05) is 42.5 Å². The van der Waals surface area contributed by atoms with Gasteiger partial charge in [-0.05, 0) is 37.1 Å². The van der Waals surface area contributed by atoms with Crippen molar-refractivity contribution in [3.8, 4) is 0 Å². The van der Waals surface area contributed by atoms with Gasteiger partial charge in [-0.15, -0.1) is 0 Å². The normalized spacial score (nSPS) is 12.1. The zero-order chi connectivity index (χ0) is 17.7. The molecule has 5 heteroatoms. The number of methoxy groups -OCH3 is 1. The molecule has 0 spiro atoms. The van der Waals surface area contributed by atoms with E-state index in [9.17, 15) is 9.59 Å². The molecule has 0 fully saturated rings. The average Bonchev–Trinajstić information content (AvgIpc) is 2.52. The summed E-state index contributed by atoms with van der Waals surface area (Å²) in [6.07, 6.45) is -0.615. The number of aliphatic imine (C=N–C) groups is 1. The first-order chi connectivity index (χ1) is 11.3. The Morgan fingerprint density at radius 2 is 1.71 bits per heavy atom. The van der Waals surface area contributed by atoms with E-state index in [1.807, 2.05) is 42.5 Å². The minimum Gasteiger partial charge on any atom is -0.465 e. The number of rotatable bonds is 3. The van der Waals surface area contributed by atoms with Crippen LogP contribution in [0.5, 0.6) is 0 Å². The number of carbonyl (C=O) groups excluding carboxylic acids is 2. The van der Waals surface area contributed by atoms with Crippen molar-refractivity contribution >= 4 is 28.5 Å². The molecule has 0 aliphatic carbocycles. The summed E-state index contributed by atoms with van der Waals surface area (Å²) in [6, 6.07) is 13.6. The average molecular weight is 327 g/mol. The van der Waals surface area contributed by atoms with E-state index in [4.69, 9.17) is 9.47 Å². The SMILES string of the molecule is COC(=O)C(Cc1cccc2ccccc12)=NC(=O)OC(C)(C)C. The molecule has 0 aliphatic heterocycles. The molecule has 126 valence electrons. The molecular formula is C19H21NO4. The van der Waals surface area contributed by atoms with Crippen LogP contribution >= 0.6 is 0 Å². The summed E-state index contributed by atoms with van der Waals surface area (Å²) in [5.74, 6) is -0.645. The molecule has 0 aliphatic rings. The van der Waals surface area contributed by atoms with Gasteiger partial charge in [-0.3, -0.25) is 0 Å². The Bertz CT molecular complexity index is 782. The number of hydrogen-bond donors (Lipinski definition) is 0. The minimum absolute atomic E-state index is 0.0168. The fraction of sp³-hybridized carbons (Fsp3) is 0.316. The van der Waals surface area contributed by atoms with Crippen LogP contribution in [0.15, 0.2) is 47.5 Å². The van der Waals surface area contributed by atoms with Gasteiger partial charge in [-0.25, -0.2) is 9.59 Å². The maximum absolute atomic E-state index is 12.0. The molecule has 0 bridgehead atoms. The Labute approximate surface area is 141 Å². The lowest BCUT2D eigenvalue weighted by Crippen LogP contribution is -2.25. The highest BCUT2D eigenvalue weighted by Gasteiger charge is 2.20. The zero-order valence-electron chi connectivity index (χ0n) is 14.3. The molecule has 2 rings (SSSR count). The zero-order valence-corrected chi connectivity index (χ0v) is 14.3. The van der Waals surface area contributed by atoms with E-state index >= 15 is 0 Å². The van der Waals surface area contributed by atoms with E-state index in [-0.39, 0.29) is 12.1 Å². The summed E-state index contributed by atoms with van der Waals surface area (Å²) in [4.78, 5) is 27.7. The quantitative estimate of drug-likeness (QED) is 0.633. The molecule has 0 N–H and O–H groups in total. The first-order valence-corrected chi connectivity index (χ1v) is 7.65. The van der Waals surface area contributed by atoms with Gasteiger partial charge >= 0.3 is 12.1 Å². The Hall–Kier alpha value is -2.69. The van der Waals surface area contributed by atoms with E-state index in [0.29, 0.717) is 0 Å². The number of esters is 1. The maximum Gasteiger partial charge on any atom is 0.434 e. The van der Waals surface area contributed by atoms with Crippen LogP contribution in [0.25, 0.3) is 10.8 Å². The third-order valence-electron chi connectivity index (χ3n) is 3.28. The molecule has 24 heavy (non-hydrogen) atoms. The van der Waals surface area contributed by atoms with Crippen LogP contribution in [0.3, 0.4) is 0 Å². The smallest absolute Gasteiger partial charge is 0.434 e. The van der Waals surface area contributed by atoms with Crippen molar-refractivity contribution in [2.45, 2.75) is 32.8 Å². The summed E-state index contributed by atoms with van der Waals surface area (Å²) in [5, 5.41) is 2.05. The number of fused-ring (bicyclic) bond motifs is 1. The topological polar surface area (TPSA) is 65.0 Å². The third-order valence-corrected chi connectivity index (χ3v) is 3.28. The Kier molecular flexibility index (Phi) is 5.34. The lowest BCUT2D eigenvalue weighted by Gasteiger charge is -2.17. The molecule has 0 atom stereocenters. The molecule has 0 radical (unpaired) electrons. The van der Waals surface area contributed by atoms with Gasteiger partial charge in [0.2, 0.25) is 0 Å². The third kappa shape index (κ3) is 4.65. The van der Waals surface area contributed by atoms with Crippen molar-refractivity contribution < 1.29 is 19.1 Å². The van der Waals surface area contributed by atoms with Gasteiger partial charge in [0, 0.05) is 6.42 Å². The molecular weight excluding hydrogens is 306 g/mol. The fourth-order valence-electron chi connectivity index (χ4n) is 2.30. The lowest BCUT2D eigenvalue weighted by molar-refractivity contribution is -0.132. The van der Waals surface area contributed by atoms with Crippen LogP contribution in [0, 0.1) is 0 Å². The van der Waals surface area contributed by atoms with Gasteiger partial charge in [0.25, 0.3) is 0 Å². The van der Waals surface area contributed by atoms with Gasteiger partial charge in [0.05, 0.1) is 7.11 Å². The van der Waals surface area contributed by atoms with Gasteiger partial charge in [0.15, 0.2) is 0 Å². The molecule has 0 saturated carbocycles. The minimum atomic E-state index is -0.803. The van der Waals surface area contributed by atoms with Gasteiger partial charge < -0.3 is 9.47 Å². The summed E-state index contributed by atoms with van der Waals surface area (Å²) >= 11 is 0. The van der Waals surface area contributed by atoms with E-state index in [1.165, 1.54) is 7.11 Å². The highest BCUT2D eigenvalue weighted by atomic mass is 16.6. The van der Waals surface area contributed by atoms with Gasteiger partial charge in [0.1, 0.15) is 11.3 Å². The molecule has 2 aromatic rings. The van der Waals surface area contributed by atoms with Gasteiger partial charge in [-0.2, -0.15) is 4.99 Å². The van der Waals surface area contributed by atoms with Crippen molar-refractivity contribution in [3.05, 3.63) is 48.0 Å². The number of nitrogens with zero attached hydrogens (tertiary/aromatic N) is 1. The van der Waals surface area contributed by atoms with Crippen LogP contribution in [0.2, 0.25) is 0 Å². The van der Waals surface area contributed by atoms with Crippen LogP contribution in [-0.4, -0.2) is 30.5 Å². The van der Waals surface area contributed by atoms with E-state index in [1.54, 1.807) is 20.8 Å². The molecule has 0 unspecified atom stereocenters. The molecule has 5 nitrogen and oxygen atoms in total. The highest BCUT2D eigenvalue weighted by Crippen LogP contribution is 2.19. The van der Waals surface area contributed by atoms with Crippen molar-refractivity contribution in [2.24, 2.45) is 4.99 Å². The number of hydrogen-bond acceptors (Lipinski definition) is 4. The lowest BCUT2D eigenvalue weighted by atomic mass is 10.00. The number of ether oxygens (including phenoxy) is 2. The second kappa shape index (κ2) is 7.25. The Morgan fingerprint density at radius 3 is 2.38 bits per heavy atom. The highest BCUT2D eigenvalue weighted by molar-refractivity contribution is 6.38. The Morgan fingerprint density at radius 1 is 1.04 bits per heavy atom. The predicted molar refractivity (Wildman–Crippen MR) is 93.3 cm³/mol. The van der Waals surface area contributed by atoms with Crippen LogP contribution in [-0.2, 0) is 20.7 Å². The molecule has 0 heterocycles. The van der Waals surface area contributed by atoms with Crippen molar-refractivity contribution in [1.82, 2.24) is 0 Å². The summed E-state index contributed by atoms with van der Waals surface area (Å²) < 4.78 is 9.90. The first-order valence-electron chi connectivity index (χ1n) is 7.65. The summed E-state index contributed by atoms with van der Waals surface area (Å²) in [7, 11) is 1.26. The van der Waals surface area contributed by atoms with Crippen LogP contribution in [0.4, 0.5) is 4.79 Å². The predicted octanol–water partition coefficient (Wildman–Crippen LogP) is 3.93. The fourth-order valence-corrected chi connectivity index (χ4v) is 2.30. The first kappa shape index (κ1) is 17.7. The van der Waals surface area contributed by atoms with Crippen LogP contribution in [0.1, 0.15) is 26.3 Å². The molecule has 2 aromatic carbocycles.